The summed E-state index contributed by atoms with van der Waals surface area (Å²) in [5.74, 6) is 2.43. The fourth-order valence-electron chi connectivity index (χ4n) is 5.30. The van der Waals surface area contributed by atoms with Gasteiger partial charge in [-0.1, -0.05) is 34.5 Å². The minimum Gasteiger partial charge on any atom is -0.454 e. The Bertz CT molecular complexity index is 1720. The highest BCUT2D eigenvalue weighted by atomic mass is 79.9. The zero-order valence-electron chi connectivity index (χ0n) is 22.7. The van der Waals surface area contributed by atoms with E-state index in [1.165, 1.54) is 24.3 Å². The van der Waals surface area contributed by atoms with E-state index in [0.717, 1.165) is 40.4 Å². The molecule has 0 aliphatic rings. The molecule has 0 amide bonds. The highest BCUT2D eigenvalue weighted by molar-refractivity contribution is 9.10. The molecule has 0 saturated heterocycles. The number of H-pyrrole nitrogens is 2. The summed E-state index contributed by atoms with van der Waals surface area (Å²) < 4.78 is 37.3. The molecule has 0 bridgehead atoms. The Morgan fingerprint density at radius 2 is 1.95 bits per heavy atom. The third kappa shape index (κ3) is 5.92. The summed E-state index contributed by atoms with van der Waals surface area (Å²) >= 11 is 3.59. The molecule has 2 heterocycles. The molecular weight excluding hydrogens is 586 g/mol. The van der Waals surface area contributed by atoms with Crippen molar-refractivity contribution in [3.8, 4) is 35.2 Å². The number of nitrogens with two attached hydrogens (primary N) is 1. The SMILES string of the molecule is C#CCCCCC(C)(c1cccc(Br)c1)c1cnc(-c2cc(Oc3c(F)cc4[nH]ccc4c3CCN)ccc2F)[nH]1. The lowest BCUT2D eigenvalue weighted by Gasteiger charge is -2.29. The van der Waals surface area contributed by atoms with Crippen LogP contribution in [-0.4, -0.2) is 21.5 Å². The molecule has 1 unspecified atom stereocenters. The number of aromatic amines is 2. The summed E-state index contributed by atoms with van der Waals surface area (Å²) in [6.07, 6.45) is 12.8. The van der Waals surface area contributed by atoms with Crippen molar-refractivity contribution < 1.29 is 13.5 Å². The highest BCUT2D eigenvalue weighted by Crippen LogP contribution is 2.39. The van der Waals surface area contributed by atoms with Gasteiger partial charge < -0.3 is 20.4 Å². The second-order valence-electron chi connectivity index (χ2n) is 10.3. The molecule has 0 radical (unpaired) electrons. The molecule has 5 aromatic rings. The van der Waals surface area contributed by atoms with Crippen molar-refractivity contribution in [3.63, 3.8) is 0 Å². The van der Waals surface area contributed by atoms with E-state index in [-0.39, 0.29) is 17.1 Å². The number of rotatable bonds is 11. The van der Waals surface area contributed by atoms with E-state index in [1.807, 2.05) is 18.2 Å². The zero-order chi connectivity index (χ0) is 29.0. The maximum atomic E-state index is 15.2. The van der Waals surface area contributed by atoms with E-state index >= 15 is 8.78 Å². The summed E-state index contributed by atoms with van der Waals surface area (Å²) in [5.41, 5.74) is 8.90. The number of benzene rings is 3. The Kier molecular flexibility index (Phi) is 8.57. The van der Waals surface area contributed by atoms with Gasteiger partial charge in [-0.15, -0.1) is 12.3 Å². The van der Waals surface area contributed by atoms with Crippen LogP contribution >= 0.6 is 15.9 Å². The summed E-state index contributed by atoms with van der Waals surface area (Å²) in [5, 5.41) is 0.832. The van der Waals surface area contributed by atoms with Crippen molar-refractivity contribution in [1.29, 1.82) is 0 Å². The molecule has 41 heavy (non-hydrogen) atoms. The highest BCUT2D eigenvalue weighted by Gasteiger charge is 2.31. The maximum Gasteiger partial charge on any atom is 0.168 e. The van der Waals surface area contributed by atoms with Crippen LogP contribution in [0.2, 0.25) is 0 Å². The number of hydrogen-bond acceptors (Lipinski definition) is 3. The molecule has 8 heteroatoms. The van der Waals surface area contributed by atoms with Crippen LogP contribution in [0.3, 0.4) is 0 Å². The van der Waals surface area contributed by atoms with E-state index in [1.54, 1.807) is 12.4 Å². The van der Waals surface area contributed by atoms with Crippen LogP contribution in [-0.2, 0) is 11.8 Å². The van der Waals surface area contributed by atoms with Crippen LogP contribution in [0, 0.1) is 24.0 Å². The molecular formula is C33H31BrF2N4O. The number of ether oxygens (including phenoxy) is 1. The van der Waals surface area contributed by atoms with Gasteiger partial charge >= 0.3 is 0 Å². The lowest BCUT2D eigenvalue weighted by Crippen LogP contribution is -2.24. The smallest absolute Gasteiger partial charge is 0.168 e. The van der Waals surface area contributed by atoms with Gasteiger partial charge in [0.2, 0.25) is 0 Å². The van der Waals surface area contributed by atoms with Crippen LogP contribution < -0.4 is 10.5 Å². The number of nitrogens with one attached hydrogen (secondary N) is 2. The van der Waals surface area contributed by atoms with E-state index in [2.05, 4.69) is 55.9 Å². The first-order valence-electron chi connectivity index (χ1n) is 13.6. The molecule has 0 aliphatic heterocycles. The van der Waals surface area contributed by atoms with Crippen LogP contribution in [0.4, 0.5) is 8.78 Å². The van der Waals surface area contributed by atoms with Gasteiger partial charge in [-0.3, -0.25) is 0 Å². The van der Waals surface area contributed by atoms with E-state index in [9.17, 15) is 0 Å². The van der Waals surface area contributed by atoms with Crippen LogP contribution in [0.15, 0.2) is 71.5 Å². The minimum absolute atomic E-state index is 0.0782. The van der Waals surface area contributed by atoms with E-state index in [4.69, 9.17) is 16.9 Å². The average molecular weight is 618 g/mol. The molecule has 3 aromatic carbocycles. The molecule has 4 N–H and O–H groups in total. The van der Waals surface area contributed by atoms with Crippen molar-refractivity contribution in [2.75, 3.05) is 6.54 Å². The number of imidazole rings is 1. The van der Waals surface area contributed by atoms with E-state index in [0.29, 0.717) is 36.3 Å². The molecule has 0 aliphatic carbocycles. The Hall–Kier alpha value is -3.93. The predicted molar refractivity (Wildman–Crippen MR) is 163 cm³/mol. The third-order valence-electron chi connectivity index (χ3n) is 7.55. The normalized spacial score (nSPS) is 12.8. The van der Waals surface area contributed by atoms with Crippen molar-refractivity contribution in [2.24, 2.45) is 5.73 Å². The van der Waals surface area contributed by atoms with Gasteiger partial charge in [0.1, 0.15) is 17.4 Å². The number of hydrogen-bond donors (Lipinski definition) is 3. The maximum absolute atomic E-state index is 15.2. The number of halogens is 3. The summed E-state index contributed by atoms with van der Waals surface area (Å²) in [6, 6.07) is 15.7. The topological polar surface area (TPSA) is 79.7 Å². The second kappa shape index (κ2) is 12.3. The molecule has 0 saturated carbocycles. The van der Waals surface area contributed by atoms with Crippen molar-refractivity contribution in [2.45, 2.75) is 44.4 Å². The second-order valence-corrected chi connectivity index (χ2v) is 11.2. The molecule has 5 nitrogen and oxygen atoms in total. The minimum atomic E-state index is -0.524. The zero-order valence-corrected chi connectivity index (χ0v) is 24.3. The molecule has 0 spiro atoms. The van der Waals surface area contributed by atoms with Crippen molar-refractivity contribution in [1.82, 2.24) is 15.0 Å². The van der Waals surface area contributed by atoms with Gasteiger partial charge in [-0.05, 0) is 74.7 Å². The molecule has 2 aromatic heterocycles. The van der Waals surface area contributed by atoms with Gasteiger partial charge in [-0.25, -0.2) is 13.8 Å². The molecule has 210 valence electrons. The van der Waals surface area contributed by atoms with E-state index < -0.39 is 17.0 Å². The lowest BCUT2D eigenvalue weighted by atomic mass is 9.75. The quantitative estimate of drug-likeness (QED) is 0.103. The number of terminal acetylenes is 1. The average Bonchev–Trinajstić information content (AvgIpc) is 3.64. The number of fused-ring (bicyclic) bond motifs is 1. The van der Waals surface area contributed by atoms with Gasteiger partial charge in [0, 0.05) is 56.9 Å². The summed E-state index contributed by atoms with van der Waals surface area (Å²) in [4.78, 5) is 11.0. The van der Waals surface area contributed by atoms with Crippen molar-refractivity contribution in [3.05, 3.63) is 99.9 Å². The first-order valence-corrected chi connectivity index (χ1v) is 14.3. The first kappa shape index (κ1) is 28.6. The Morgan fingerprint density at radius 3 is 2.73 bits per heavy atom. The van der Waals surface area contributed by atoms with Crippen LogP contribution in [0.1, 0.15) is 49.4 Å². The molecule has 1 atom stereocenters. The number of unbranched alkanes of at least 4 members (excludes halogenated alkanes) is 2. The first-order chi connectivity index (χ1) is 19.8. The lowest BCUT2D eigenvalue weighted by molar-refractivity contribution is 0.437. The van der Waals surface area contributed by atoms with Crippen molar-refractivity contribution >= 4 is 26.8 Å². The number of aromatic nitrogens is 3. The summed E-state index contributed by atoms with van der Waals surface area (Å²) in [6.45, 7) is 2.47. The fraction of sp³-hybridized carbons (Fsp3) is 0.242. The van der Waals surface area contributed by atoms with Gasteiger partial charge in [-0.2, -0.15) is 0 Å². The fourth-order valence-corrected chi connectivity index (χ4v) is 5.70. The number of nitrogens with zero attached hydrogens (tertiary/aromatic N) is 1. The van der Waals surface area contributed by atoms with Crippen LogP contribution in [0.25, 0.3) is 22.3 Å². The standard InChI is InChI=1S/C33H31BrF2N4O/c1-3-4-5-6-14-33(2,21-8-7-9-22(34)17-21)30-20-39-32(40-30)26-18-23(10-11-27(26)35)41-31-25(12-15-37)24-13-16-38-29(24)19-28(31)36/h1,7-11,13,16-20,38H,4-6,12,14-15,37H2,2H3,(H,39,40). The monoisotopic (exact) mass is 616 g/mol. The third-order valence-corrected chi connectivity index (χ3v) is 8.05. The van der Waals surface area contributed by atoms with Gasteiger partial charge in [0.05, 0.1) is 5.56 Å². The van der Waals surface area contributed by atoms with Crippen LogP contribution in [0.5, 0.6) is 11.5 Å². The summed E-state index contributed by atoms with van der Waals surface area (Å²) in [7, 11) is 0. The Balaban J connectivity index is 1.50. The Labute approximate surface area is 246 Å². The molecule has 5 rings (SSSR count). The molecule has 0 fully saturated rings. The predicted octanol–water partition coefficient (Wildman–Crippen LogP) is 8.39. The van der Waals surface area contributed by atoms with Gasteiger partial charge in [0.15, 0.2) is 11.6 Å². The van der Waals surface area contributed by atoms with Gasteiger partial charge in [0.25, 0.3) is 0 Å². The largest absolute Gasteiger partial charge is 0.454 e. The Morgan fingerprint density at radius 1 is 1.10 bits per heavy atom.